The van der Waals surface area contributed by atoms with Crippen LogP contribution in [0, 0.1) is 18.8 Å². The minimum absolute atomic E-state index is 0.193. The van der Waals surface area contributed by atoms with Gasteiger partial charge >= 0.3 is 5.97 Å². The number of carbonyl (C=O) groups is 3. The Morgan fingerprint density at radius 3 is 2.42 bits per heavy atom. The van der Waals surface area contributed by atoms with E-state index in [2.05, 4.69) is 0 Å². The van der Waals surface area contributed by atoms with E-state index in [9.17, 15) is 14.4 Å². The van der Waals surface area contributed by atoms with Gasteiger partial charge in [0.15, 0.2) is 0 Å². The number of imide groups is 1. The Kier molecular flexibility index (Phi) is 3.95. The maximum absolute atomic E-state index is 12.8. The van der Waals surface area contributed by atoms with Crippen molar-refractivity contribution in [1.82, 2.24) is 4.90 Å². The van der Waals surface area contributed by atoms with Crippen LogP contribution in [0.1, 0.15) is 31.0 Å². The number of nitrogens with two attached hydrogens (primary N) is 1. The number of ether oxygens (including phenoxy) is 1. The zero-order valence-corrected chi connectivity index (χ0v) is 14.4. The van der Waals surface area contributed by atoms with Crippen molar-refractivity contribution in [3.05, 3.63) is 35.4 Å². The predicted octanol–water partition coefficient (Wildman–Crippen LogP) is 0.166. The number of methoxy groups -OCH3 is 1. The summed E-state index contributed by atoms with van der Waals surface area (Å²) in [6.07, 6.45) is 0. The molecule has 0 aliphatic carbocycles. The van der Waals surface area contributed by atoms with E-state index in [1.807, 2.05) is 36.5 Å². The molecule has 2 N–H and O–H groups in total. The van der Waals surface area contributed by atoms with Crippen LogP contribution >= 0.6 is 0 Å². The van der Waals surface area contributed by atoms with Crippen LogP contribution in [0.5, 0.6) is 0 Å². The van der Waals surface area contributed by atoms with Gasteiger partial charge in [-0.05, 0) is 13.8 Å². The Bertz CT molecular complexity index is 699. The lowest BCUT2D eigenvalue weighted by molar-refractivity contribution is -0.731. The fraction of sp³-hybridized carbons (Fsp3) is 0.500. The Hall–Kier alpha value is -2.21. The summed E-state index contributed by atoms with van der Waals surface area (Å²) < 4.78 is 4.95. The van der Waals surface area contributed by atoms with Gasteiger partial charge in [0.1, 0.15) is 17.9 Å². The second-order valence-electron chi connectivity index (χ2n) is 6.80. The predicted molar refractivity (Wildman–Crippen MR) is 85.6 cm³/mol. The summed E-state index contributed by atoms with van der Waals surface area (Å²) in [5.74, 6) is -2.16. The Balaban J connectivity index is 2.09. The fourth-order valence-electron chi connectivity index (χ4n) is 4.14. The van der Waals surface area contributed by atoms with Crippen LogP contribution in [-0.4, -0.2) is 41.9 Å². The number of nitrogens with zero attached hydrogens (tertiary/aromatic N) is 1. The summed E-state index contributed by atoms with van der Waals surface area (Å²) in [5, 5.41) is 1.83. The first kappa shape index (κ1) is 16.6. The van der Waals surface area contributed by atoms with Gasteiger partial charge in [-0.3, -0.25) is 14.5 Å². The second kappa shape index (κ2) is 5.70. The van der Waals surface area contributed by atoms with Crippen molar-refractivity contribution >= 4 is 17.8 Å². The quantitative estimate of drug-likeness (QED) is 0.632. The van der Waals surface area contributed by atoms with Crippen molar-refractivity contribution in [1.29, 1.82) is 0 Å². The van der Waals surface area contributed by atoms with E-state index in [0.29, 0.717) is 6.54 Å². The van der Waals surface area contributed by atoms with Gasteiger partial charge < -0.3 is 10.1 Å². The smallest absolute Gasteiger partial charge is 0.368 e. The summed E-state index contributed by atoms with van der Waals surface area (Å²) in [5.41, 5.74) is 0.974. The molecule has 0 aromatic heterocycles. The standard InChI is InChI=1S/C18H22N2O4/c1-5-20-15(21)12-13(16(20)22)18(3,17(23)24-4)19-14(12)11-8-6-10(2)7-9-11/h6-9,12-14,19H,5H2,1-4H3/p+1/t12-,13-,14-,18+/m0/s1. The molecule has 2 aliphatic rings. The van der Waals surface area contributed by atoms with Gasteiger partial charge in [-0.1, -0.05) is 29.8 Å². The largest absolute Gasteiger partial charge is 0.464 e. The molecule has 2 aliphatic heterocycles. The van der Waals surface area contributed by atoms with Crippen LogP contribution in [0.3, 0.4) is 0 Å². The lowest BCUT2D eigenvalue weighted by Crippen LogP contribution is -2.97. The molecule has 0 unspecified atom stereocenters. The number of quaternary nitrogens is 1. The third-order valence-electron chi connectivity index (χ3n) is 5.40. The molecule has 24 heavy (non-hydrogen) atoms. The van der Waals surface area contributed by atoms with Gasteiger partial charge in [-0.2, -0.15) is 0 Å². The van der Waals surface area contributed by atoms with E-state index in [1.54, 1.807) is 13.8 Å². The van der Waals surface area contributed by atoms with Crippen molar-refractivity contribution < 1.29 is 24.4 Å². The third-order valence-corrected chi connectivity index (χ3v) is 5.40. The molecular weight excluding hydrogens is 308 g/mol. The lowest BCUT2D eigenvalue weighted by atomic mass is 9.80. The molecule has 128 valence electrons. The van der Waals surface area contributed by atoms with Gasteiger partial charge in [0, 0.05) is 19.0 Å². The summed E-state index contributed by atoms with van der Waals surface area (Å²) >= 11 is 0. The number of hydrogen-bond acceptors (Lipinski definition) is 4. The van der Waals surface area contributed by atoms with Gasteiger partial charge in [0.05, 0.1) is 7.11 Å². The number of carbonyl (C=O) groups excluding carboxylic acids is 3. The van der Waals surface area contributed by atoms with E-state index in [0.717, 1.165) is 11.1 Å². The molecule has 0 spiro atoms. The average molecular weight is 331 g/mol. The molecule has 1 aromatic carbocycles. The first-order valence-electron chi connectivity index (χ1n) is 8.21. The average Bonchev–Trinajstić information content (AvgIpc) is 3.02. The molecule has 3 rings (SSSR count). The fourth-order valence-corrected chi connectivity index (χ4v) is 4.14. The molecule has 4 atom stereocenters. The Morgan fingerprint density at radius 2 is 1.88 bits per heavy atom. The molecule has 0 bridgehead atoms. The minimum atomic E-state index is -1.09. The number of rotatable bonds is 3. The number of hydrogen-bond donors (Lipinski definition) is 1. The molecule has 2 saturated heterocycles. The van der Waals surface area contributed by atoms with Crippen LogP contribution in [0.25, 0.3) is 0 Å². The molecule has 1 aromatic rings. The highest BCUT2D eigenvalue weighted by Crippen LogP contribution is 2.44. The molecule has 6 heteroatoms. The highest BCUT2D eigenvalue weighted by molar-refractivity contribution is 6.08. The van der Waals surface area contributed by atoms with E-state index < -0.39 is 23.3 Å². The van der Waals surface area contributed by atoms with Crippen molar-refractivity contribution in [3.8, 4) is 0 Å². The van der Waals surface area contributed by atoms with Crippen LogP contribution in [0.15, 0.2) is 24.3 Å². The number of amides is 2. The first-order chi connectivity index (χ1) is 11.3. The zero-order chi connectivity index (χ0) is 17.6. The first-order valence-corrected chi connectivity index (χ1v) is 8.21. The second-order valence-corrected chi connectivity index (χ2v) is 6.80. The minimum Gasteiger partial charge on any atom is -0.464 e. The SMILES string of the molecule is CCN1C(=O)[C@H]2[C@@H](C1=O)[C@](C)(C(=O)OC)[NH2+][C@H]2c1ccc(C)cc1. The van der Waals surface area contributed by atoms with E-state index in [-0.39, 0.29) is 17.9 Å². The third kappa shape index (κ3) is 2.17. The van der Waals surface area contributed by atoms with Crippen molar-refractivity contribution in [2.24, 2.45) is 11.8 Å². The molecular formula is C18H23N2O4+. The topological polar surface area (TPSA) is 80.3 Å². The monoisotopic (exact) mass is 331 g/mol. The normalized spacial score (nSPS) is 32.2. The molecule has 2 heterocycles. The molecule has 2 amide bonds. The molecule has 2 fully saturated rings. The lowest BCUT2D eigenvalue weighted by Gasteiger charge is -2.25. The number of esters is 1. The van der Waals surface area contributed by atoms with Gasteiger partial charge in [0.25, 0.3) is 0 Å². The van der Waals surface area contributed by atoms with Crippen LogP contribution in [0.2, 0.25) is 0 Å². The Morgan fingerprint density at radius 1 is 1.25 bits per heavy atom. The van der Waals surface area contributed by atoms with Crippen LogP contribution in [0.4, 0.5) is 0 Å². The van der Waals surface area contributed by atoms with Crippen molar-refractivity contribution in [3.63, 3.8) is 0 Å². The maximum atomic E-state index is 12.8. The van der Waals surface area contributed by atoms with Crippen LogP contribution < -0.4 is 5.32 Å². The number of likely N-dealkylation sites (tertiary alicyclic amines) is 1. The van der Waals surface area contributed by atoms with Gasteiger partial charge in [0.2, 0.25) is 17.4 Å². The number of benzene rings is 1. The zero-order valence-electron chi connectivity index (χ0n) is 14.4. The highest BCUT2D eigenvalue weighted by Gasteiger charge is 2.70. The summed E-state index contributed by atoms with van der Waals surface area (Å²) in [6, 6.07) is 7.61. The summed E-state index contributed by atoms with van der Waals surface area (Å²) in [6.45, 7) is 5.79. The van der Waals surface area contributed by atoms with E-state index in [4.69, 9.17) is 4.74 Å². The number of fused-ring (bicyclic) bond motifs is 1. The van der Waals surface area contributed by atoms with E-state index in [1.165, 1.54) is 12.0 Å². The molecule has 6 nitrogen and oxygen atoms in total. The summed E-state index contributed by atoms with van der Waals surface area (Å²) in [7, 11) is 1.31. The molecule has 0 radical (unpaired) electrons. The molecule has 0 saturated carbocycles. The van der Waals surface area contributed by atoms with Gasteiger partial charge in [-0.25, -0.2) is 4.79 Å². The van der Waals surface area contributed by atoms with E-state index >= 15 is 0 Å². The maximum Gasteiger partial charge on any atom is 0.368 e. The summed E-state index contributed by atoms with van der Waals surface area (Å²) in [4.78, 5) is 39.3. The Labute approximate surface area is 141 Å². The highest BCUT2D eigenvalue weighted by atomic mass is 16.5. The van der Waals surface area contributed by atoms with Crippen LogP contribution in [-0.2, 0) is 19.1 Å². The number of aryl methyl sites for hydroxylation is 1. The van der Waals surface area contributed by atoms with Crippen molar-refractivity contribution in [2.45, 2.75) is 32.4 Å². The van der Waals surface area contributed by atoms with Gasteiger partial charge in [-0.15, -0.1) is 0 Å². The van der Waals surface area contributed by atoms with Crippen molar-refractivity contribution in [2.75, 3.05) is 13.7 Å².